The van der Waals surface area contributed by atoms with Gasteiger partial charge in [0.25, 0.3) is 0 Å². The molecule has 18 heavy (non-hydrogen) atoms. The van der Waals surface area contributed by atoms with Crippen LogP contribution >= 0.6 is 0 Å². The second-order valence-corrected chi connectivity index (χ2v) is 6.30. The number of amides is 1. The molecule has 1 saturated carbocycles. The second-order valence-electron chi connectivity index (χ2n) is 6.30. The maximum atomic E-state index is 12.3. The average Bonchev–Trinajstić information content (AvgIpc) is 2.60. The van der Waals surface area contributed by atoms with Crippen LogP contribution < -0.4 is 5.32 Å². The minimum Gasteiger partial charge on any atom is -0.326 e. The Morgan fingerprint density at radius 1 is 1.22 bits per heavy atom. The summed E-state index contributed by atoms with van der Waals surface area (Å²) in [6.45, 7) is 7.59. The number of carbonyl (C=O) groups excluding carboxylic acids is 1. The molecule has 104 valence electrons. The van der Waals surface area contributed by atoms with E-state index in [1.165, 1.54) is 25.7 Å². The van der Waals surface area contributed by atoms with E-state index >= 15 is 0 Å². The van der Waals surface area contributed by atoms with Gasteiger partial charge in [0.1, 0.15) is 0 Å². The SMILES string of the molecule is CCCC1NC(C)N(CC2CCC(C)CC2)C1=O. The van der Waals surface area contributed by atoms with Crippen LogP contribution in [0.25, 0.3) is 0 Å². The highest BCUT2D eigenvalue weighted by Gasteiger charge is 2.36. The first kappa shape index (κ1) is 13.9. The Bertz CT molecular complexity index is 284. The zero-order chi connectivity index (χ0) is 13.1. The Morgan fingerprint density at radius 3 is 2.50 bits per heavy atom. The topological polar surface area (TPSA) is 32.3 Å². The van der Waals surface area contributed by atoms with Crippen LogP contribution in [0.5, 0.6) is 0 Å². The maximum Gasteiger partial charge on any atom is 0.241 e. The Morgan fingerprint density at radius 2 is 1.89 bits per heavy atom. The molecule has 2 aliphatic rings. The van der Waals surface area contributed by atoms with Crippen molar-refractivity contribution in [3.05, 3.63) is 0 Å². The summed E-state index contributed by atoms with van der Waals surface area (Å²) in [5.41, 5.74) is 0. The normalized spacial score (nSPS) is 37.3. The second kappa shape index (κ2) is 6.05. The van der Waals surface area contributed by atoms with Crippen molar-refractivity contribution in [1.29, 1.82) is 0 Å². The predicted octanol–water partition coefficient (Wildman–Crippen LogP) is 2.76. The summed E-state index contributed by atoms with van der Waals surface area (Å²) >= 11 is 0. The van der Waals surface area contributed by atoms with Crippen molar-refractivity contribution in [2.45, 2.75) is 71.5 Å². The highest BCUT2D eigenvalue weighted by atomic mass is 16.2. The van der Waals surface area contributed by atoms with Crippen LogP contribution in [-0.2, 0) is 4.79 Å². The van der Waals surface area contributed by atoms with Crippen molar-refractivity contribution in [3.63, 3.8) is 0 Å². The summed E-state index contributed by atoms with van der Waals surface area (Å²) in [4.78, 5) is 14.4. The molecular weight excluding hydrogens is 224 g/mol. The van der Waals surface area contributed by atoms with Crippen LogP contribution in [0.4, 0.5) is 0 Å². The molecule has 3 nitrogen and oxygen atoms in total. The molecule has 0 aromatic rings. The molecule has 1 aliphatic heterocycles. The third kappa shape index (κ3) is 3.05. The number of hydrogen-bond acceptors (Lipinski definition) is 2. The van der Waals surface area contributed by atoms with Crippen molar-refractivity contribution in [2.75, 3.05) is 6.54 Å². The van der Waals surface area contributed by atoms with Gasteiger partial charge in [-0.05, 0) is 38.0 Å². The largest absolute Gasteiger partial charge is 0.326 e. The van der Waals surface area contributed by atoms with Gasteiger partial charge in [0.15, 0.2) is 0 Å². The van der Waals surface area contributed by atoms with Crippen molar-refractivity contribution >= 4 is 5.91 Å². The van der Waals surface area contributed by atoms with Gasteiger partial charge in [-0.15, -0.1) is 0 Å². The fraction of sp³-hybridized carbons (Fsp3) is 0.933. The van der Waals surface area contributed by atoms with Crippen molar-refractivity contribution < 1.29 is 4.79 Å². The molecular formula is C15H28N2O. The average molecular weight is 252 g/mol. The molecule has 1 aliphatic carbocycles. The zero-order valence-electron chi connectivity index (χ0n) is 12.1. The van der Waals surface area contributed by atoms with Gasteiger partial charge in [-0.3, -0.25) is 10.1 Å². The van der Waals surface area contributed by atoms with Crippen LogP contribution in [0.2, 0.25) is 0 Å². The van der Waals surface area contributed by atoms with Crippen LogP contribution in [0.3, 0.4) is 0 Å². The van der Waals surface area contributed by atoms with Crippen molar-refractivity contribution in [1.82, 2.24) is 10.2 Å². The summed E-state index contributed by atoms with van der Waals surface area (Å²) in [6.07, 6.45) is 7.56. The molecule has 1 amide bonds. The summed E-state index contributed by atoms with van der Waals surface area (Å²) in [5.74, 6) is 1.96. The van der Waals surface area contributed by atoms with Gasteiger partial charge in [-0.1, -0.05) is 33.1 Å². The fourth-order valence-corrected chi connectivity index (χ4v) is 3.38. The van der Waals surface area contributed by atoms with Crippen LogP contribution in [-0.4, -0.2) is 29.6 Å². The van der Waals surface area contributed by atoms with Gasteiger partial charge in [0, 0.05) is 6.54 Å². The first-order valence-electron chi connectivity index (χ1n) is 7.68. The fourth-order valence-electron chi connectivity index (χ4n) is 3.38. The van der Waals surface area contributed by atoms with Gasteiger partial charge < -0.3 is 4.90 Å². The Balaban J connectivity index is 1.87. The van der Waals surface area contributed by atoms with E-state index in [1.54, 1.807) is 0 Å². The minimum absolute atomic E-state index is 0.0764. The van der Waals surface area contributed by atoms with Crippen LogP contribution in [0.1, 0.15) is 59.3 Å². The molecule has 2 unspecified atom stereocenters. The summed E-state index contributed by atoms with van der Waals surface area (Å²) < 4.78 is 0. The Kier molecular flexibility index (Phi) is 4.66. The van der Waals surface area contributed by atoms with Gasteiger partial charge >= 0.3 is 0 Å². The van der Waals surface area contributed by atoms with E-state index in [0.717, 1.165) is 31.2 Å². The minimum atomic E-state index is 0.0764. The summed E-state index contributed by atoms with van der Waals surface area (Å²) in [5, 5.41) is 3.43. The molecule has 0 aromatic heterocycles. The molecule has 2 atom stereocenters. The highest BCUT2D eigenvalue weighted by molar-refractivity contribution is 5.84. The van der Waals surface area contributed by atoms with Gasteiger partial charge in [-0.25, -0.2) is 0 Å². The first-order chi connectivity index (χ1) is 8.61. The molecule has 2 fully saturated rings. The molecule has 1 heterocycles. The Labute approximate surface area is 111 Å². The van der Waals surface area contributed by atoms with Gasteiger partial charge in [-0.2, -0.15) is 0 Å². The number of nitrogens with one attached hydrogen (secondary N) is 1. The third-order valence-electron chi connectivity index (χ3n) is 4.66. The number of rotatable bonds is 4. The molecule has 1 N–H and O–H groups in total. The van der Waals surface area contributed by atoms with E-state index < -0.39 is 0 Å². The van der Waals surface area contributed by atoms with E-state index in [4.69, 9.17) is 0 Å². The standard InChI is InChI=1S/C15H28N2O/c1-4-5-14-15(18)17(12(3)16-14)10-13-8-6-11(2)7-9-13/h11-14,16H,4-10H2,1-3H3. The van der Waals surface area contributed by atoms with E-state index in [0.29, 0.717) is 5.91 Å². The third-order valence-corrected chi connectivity index (χ3v) is 4.66. The maximum absolute atomic E-state index is 12.3. The summed E-state index contributed by atoms with van der Waals surface area (Å²) in [6, 6.07) is 0.0764. The van der Waals surface area contributed by atoms with E-state index in [9.17, 15) is 4.79 Å². The van der Waals surface area contributed by atoms with Crippen molar-refractivity contribution in [2.24, 2.45) is 11.8 Å². The molecule has 2 rings (SSSR count). The quantitative estimate of drug-likeness (QED) is 0.834. The monoisotopic (exact) mass is 252 g/mol. The van der Waals surface area contributed by atoms with Crippen molar-refractivity contribution in [3.8, 4) is 0 Å². The summed E-state index contributed by atoms with van der Waals surface area (Å²) in [7, 11) is 0. The molecule has 0 aromatic carbocycles. The first-order valence-corrected chi connectivity index (χ1v) is 7.68. The molecule has 3 heteroatoms. The van der Waals surface area contributed by atoms with E-state index in [1.807, 2.05) is 0 Å². The number of hydrogen-bond donors (Lipinski definition) is 1. The van der Waals surface area contributed by atoms with Crippen LogP contribution in [0, 0.1) is 11.8 Å². The molecule has 0 bridgehead atoms. The van der Waals surface area contributed by atoms with E-state index in [-0.39, 0.29) is 12.2 Å². The lowest BCUT2D eigenvalue weighted by Gasteiger charge is -2.31. The Hall–Kier alpha value is -0.570. The van der Waals surface area contributed by atoms with E-state index in [2.05, 4.69) is 31.0 Å². The zero-order valence-corrected chi connectivity index (χ0v) is 12.1. The van der Waals surface area contributed by atoms with Gasteiger partial charge in [0.05, 0.1) is 12.2 Å². The molecule has 0 spiro atoms. The highest BCUT2D eigenvalue weighted by Crippen LogP contribution is 2.30. The smallest absolute Gasteiger partial charge is 0.241 e. The molecule has 1 saturated heterocycles. The predicted molar refractivity (Wildman–Crippen MR) is 74.1 cm³/mol. The number of nitrogens with zero attached hydrogens (tertiary/aromatic N) is 1. The lowest BCUT2D eigenvalue weighted by Crippen LogP contribution is -2.39. The van der Waals surface area contributed by atoms with Crippen LogP contribution in [0.15, 0.2) is 0 Å². The number of carbonyl (C=O) groups is 1. The molecule has 0 radical (unpaired) electrons. The van der Waals surface area contributed by atoms with Gasteiger partial charge in [0.2, 0.25) is 5.91 Å². The lowest BCUT2D eigenvalue weighted by atomic mass is 9.83. The lowest BCUT2D eigenvalue weighted by molar-refractivity contribution is -0.130.